The lowest BCUT2D eigenvalue weighted by atomic mass is 10.4. The number of hydrogen-bond donors (Lipinski definition) is 0. The highest BCUT2D eigenvalue weighted by atomic mass is 35.5. The Hall–Kier alpha value is -0.770. The van der Waals surface area contributed by atoms with Crippen molar-refractivity contribution in [3.8, 4) is 0 Å². The molecule has 1 fully saturated rings. The number of likely N-dealkylation sites (N-methyl/N-ethyl adjacent to an activating group) is 1. The molecule has 1 unspecified atom stereocenters. The first kappa shape index (κ1) is 12.3. The quantitative estimate of drug-likeness (QED) is 0.672. The lowest BCUT2D eigenvalue weighted by molar-refractivity contribution is -0.138. The van der Waals surface area contributed by atoms with Gasteiger partial charge in [0, 0.05) is 20.1 Å². The van der Waals surface area contributed by atoms with Crippen LogP contribution in [0.3, 0.4) is 0 Å². The van der Waals surface area contributed by atoms with Crippen molar-refractivity contribution < 1.29 is 9.59 Å². The van der Waals surface area contributed by atoms with E-state index in [1.54, 1.807) is 18.9 Å². The molecule has 2 amide bonds. The summed E-state index contributed by atoms with van der Waals surface area (Å²) in [5.74, 6) is -0.190. The molecule has 0 aliphatic carbocycles. The van der Waals surface area contributed by atoms with Gasteiger partial charge in [-0.25, -0.2) is 0 Å². The van der Waals surface area contributed by atoms with Gasteiger partial charge in [0.25, 0.3) is 0 Å². The molecule has 1 rings (SSSR count). The molecule has 0 radical (unpaired) electrons. The largest absolute Gasteiger partial charge is 0.341 e. The molecule has 0 bridgehead atoms. The molecule has 1 aliphatic rings. The SMILES string of the molecule is CC(Cl)C(=O)N(C)CC(=O)N1CCCC1. The lowest BCUT2D eigenvalue weighted by Crippen LogP contribution is -2.41. The van der Waals surface area contributed by atoms with E-state index in [0.29, 0.717) is 0 Å². The van der Waals surface area contributed by atoms with Crippen LogP contribution in [-0.2, 0) is 9.59 Å². The zero-order valence-electron chi connectivity index (χ0n) is 9.20. The summed E-state index contributed by atoms with van der Waals surface area (Å²) in [4.78, 5) is 26.3. The number of likely N-dealkylation sites (tertiary alicyclic amines) is 1. The summed E-state index contributed by atoms with van der Waals surface area (Å²) in [7, 11) is 1.61. The molecular weight excluding hydrogens is 216 g/mol. The Balaban J connectivity index is 2.40. The Morgan fingerprint density at radius 1 is 1.40 bits per heavy atom. The second-order valence-electron chi connectivity index (χ2n) is 3.90. The summed E-state index contributed by atoms with van der Waals surface area (Å²) in [6, 6.07) is 0. The number of rotatable bonds is 3. The van der Waals surface area contributed by atoms with Crippen molar-refractivity contribution in [3.63, 3.8) is 0 Å². The fourth-order valence-electron chi connectivity index (χ4n) is 1.65. The van der Waals surface area contributed by atoms with E-state index in [9.17, 15) is 9.59 Å². The van der Waals surface area contributed by atoms with Gasteiger partial charge in [-0.3, -0.25) is 9.59 Å². The molecule has 5 heteroatoms. The van der Waals surface area contributed by atoms with Crippen molar-refractivity contribution in [3.05, 3.63) is 0 Å². The van der Waals surface area contributed by atoms with Crippen molar-refractivity contribution in [2.24, 2.45) is 0 Å². The fourth-order valence-corrected chi connectivity index (χ4v) is 1.82. The summed E-state index contributed by atoms with van der Waals surface area (Å²) in [5.41, 5.74) is 0. The third-order valence-corrected chi connectivity index (χ3v) is 2.73. The monoisotopic (exact) mass is 232 g/mol. The normalized spacial score (nSPS) is 17.7. The van der Waals surface area contributed by atoms with Crippen LogP contribution in [-0.4, -0.2) is 53.7 Å². The minimum absolute atomic E-state index is 0.0145. The van der Waals surface area contributed by atoms with E-state index < -0.39 is 5.38 Å². The second kappa shape index (κ2) is 5.35. The standard InChI is InChI=1S/C10H17ClN2O2/c1-8(11)10(15)12(2)7-9(14)13-5-3-4-6-13/h8H,3-7H2,1-2H3. The van der Waals surface area contributed by atoms with Crippen molar-refractivity contribution in [2.75, 3.05) is 26.7 Å². The van der Waals surface area contributed by atoms with Crippen LogP contribution < -0.4 is 0 Å². The van der Waals surface area contributed by atoms with Gasteiger partial charge in [-0.05, 0) is 19.8 Å². The molecule has 1 atom stereocenters. The minimum atomic E-state index is -0.568. The highest BCUT2D eigenvalue weighted by Crippen LogP contribution is 2.08. The van der Waals surface area contributed by atoms with Gasteiger partial charge in [0.05, 0.1) is 6.54 Å². The zero-order chi connectivity index (χ0) is 11.4. The van der Waals surface area contributed by atoms with Crippen molar-refractivity contribution in [2.45, 2.75) is 25.1 Å². The number of halogens is 1. The van der Waals surface area contributed by atoms with Gasteiger partial charge < -0.3 is 9.80 Å². The van der Waals surface area contributed by atoms with Gasteiger partial charge in [0.15, 0.2) is 0 Å². The molecular formula is C10H17ClN2O2. The van der Waals surface area contributed by atoms with E-state index in [1.807, 2.05) is 0 Å². The van der Waals surface area contributed by atoms with Crippen LogP contribution in [0, 0.1) is 0 Å². The minimum Gasteiger partial charge on any atom is -0.341 e. The van der Waals surface area contributed by atoms with Crippen LogP contribution in [0.2, 0.25) is 0 Å². The van der Waals surface area contributed by atoms with E-state index >= 15 is 0 Å². The number of amides is 2. The molecule has 0 saturated carbocycles. The summed E-state index contributed by atoms with van der Waals surface area (Å²) >= 11 is 5.65. The Kier molecular flexibility index (Phi) is 4.39. The maximum Gasteiger partial charge on any atom is 0.242 e. The maximum absolute atomic E-state index is 11.7. The van der Waals surface area contributed by atoms with Gasteiger partial charge in [-0.2, -0.15) is 0 Å². The number of alkyl halides is 1. The van der Waals surface area contributed by atoms with E-state index in [1.165, 1.54) is 4.90 Å². The summed E-state index contributed by atoms with van der Waals surface area (Å²) in [6.45, 7) is 3.38. The molecule has 0 aromatic heterocycles. The molecule has 0 aromatic carbocycles. The van der Waals surface area contributed by atoms with Crippen LogP contribution >= 0.6 is 11.6 Å². The average Bonchev–Trinajstić information content (AvgIpc) is 2.68. The Labute approximate surface area is 95.2 Å². The lowest BCUT2D eigenvalue weighted by Gasteiger charge is -2.22. The zero-order valence-corrected chi connectivity index (χ0v) is 9.96. The molecule has 1 heterocycles. The van der Waals surface area contributed by atoms with Crippen molar-refractivity contribution in [1.82, 2.24) is 9.80 Å². The summed E-state index contributed by atoms with van der Waals surface area (Å²) in [6.07, 6.45) is 2.13. The molecule has 1 saturated heterocycles. The van der Waals surface area contributed by atoms with Crippen LogP contribution in [0.15, 0.2) is 0 Å². The second-order valence-corrected chi connectivity index (χ2v) is 4.55. The van der Waals surface area contributed by atoms with E-state index in [2.05, 4.69) is 0 Å². The Morgan fingerprint density at radius 3 is 2.40 bits per heavy atom. The third-order valence-electron chi connectivity index (χ3n) is 2.55. The summed E-state index contributed by atoms with van der Waals surface area (Å²) in [5, 5.41) is -0.568. The molecule has 4 nitrogen and oxygen atoms in total. The predicted octanol–water partition coefficient (Wildman–Crippen LogP) is 0.694. The molecule has 0 N–H and O–H groups in total. The summed E-state index contributed by atoms with van der Waals surface area (Å²) < 4.78 is 0. The maximum atomic E-state index is 11.7. The van der Waals surface area contributed by atoms with Crippen LogP contribution in [0.1, 0.15) is 19.8 Å². The van der Waals surface area contributed by atoms with Crippen LogP contribution in [0.5, 0.6) is 0 Å². The highest BCUT2D eigenvalue weighted by molar-refractivity contribution is 6.30. The van der Waals surface area contributed by atoms with Crippen LogP contribution in [0.4, 0.5) is 0 Å². The average molecular weight is 233 g/mol. The van der Waals surface area contributed by atoms with Gasteiger partial charge >= 0.3 is 0 Å². The number of hydrogen-bond acceptors (Lipinski definition) is 2. The Bertz CT molecular complexity index is 250. The van der Waals surface area contributed by atoms with Crippen LogP contribution in [0.25, 0.3) is 0 Å². The fraction of sp³-hybridized carbons (Fsp3) is 0.800. The van der Waals surface area contributed by atoms with Crippen molar-refractivity contribution >= 4 is 23.4 Å². The molecule has 86 valence electrons. The van der Waals surface area contributed by atoms with Gasteiger partial charge in [0.2, 0.25) is 11.8 Å². The van der Waals surface area contributed by atoms with E-state index in [0.717, 1.165) is 25.9 Å². The predicted molar refractivity (Wildman–Crippen MR) is 58.8 cm³/mol. The van der Waals surface area contributed by atoms with Gasteiger partial charge in [-0.15, -0.1) is 11.6 Å². The molecule has 0 spiro atoms. The first-order valence-corrected chi connectivity index (χ1v) is 5.63. The highest BCUT2D eigenvalue weighted by Gasteiger charge is 2.22. The van der Waals surface area contributed by atoms with Gasteiger partial charge in [0.1, 0.15) is 5.38 Å². The van der Waals surface area contributed by atoms with Gasteiger partial charge in [-0.1, -0.05) is 0 Å². The molecule has 0 aromatic rings. The number of carbonyl (C=O) groups excluding carboxylic acids is 2. The topological polar surface area (TPSA) is 40.6 Å². The molecule has 15 heavy (non-hydrogen) atoms. The van der Waals surface area contributed by atoms with Crippen molar-refractivity contribution in [1.29, 1.82) is 0 Å². The van der Waals surface area contributed by atoms with E-state index in [4.69, 9.17) is 11.6 Å². The first-order chi connectivity index (χ1) is 7.02. The number of nitrogens with zero attached hydrogens (tertiary/aromatic N) is 2. The smallest absolute Gasteiger partial charge is 0.242 e. The molecule has 1 aliphatic heterocycles. The Morgan fingerprint density at radius 2 is 1.93 bits per heavy atom. The number of carbonyl (C=O) groups is 2. The van der Waals surface area contributed by atoms with E-state index in [-0.39, 0.29) is 18.4 Å². The third kappa shape index (κ3) is 3.38. The first-order valence-electron chi connectivity index (χ1n) is 5.19.